The Hall–Kier alpha value is 0.230. The summed E-state index contributed by atoms with van der Waals surface area (Å²) in [4.78, 5) is 0. The fraction of sp³-hybridized carbons (Fsp3) is 1.00. The third-order valence-corrected chi connectivity index (χ3v) is 4.14. The van der Waals surface area contributed by atoms with Crippen molar-refractivity contribution < 1.29 is 14.2 Å². The summed E-state index contributed by atoms with van der Waals surface area (Å²) in [6, 6.07) is 0. The molecule has 0 N–H and O–H groups in total. The van der Waals surface area contributed by atoms with E-state index < -0.39 is 0 Å². The molecule has 2 aliphatic heterocycles. The minimum absolute atomic E-state index is 0.138. The van der Waals surface area contributed by atoms with Crippen LogP contribution in [0.4, 0.5) is 0 Å². The minimum atomic E-state index is 0.138. The second-order valence-electron chi connectivity index (χ2n) is 3.90. The molecule has 82 valence electrons. The summed E-state index contributed by atoms with van der Waals surface area (Å²) in [5.41, 5.74) is 0.262. The van der Waals surface area contributed by atoms with Crippen LogP contribution in [-0.4, -0.2) is 36.3 Å². The van der Waals surface area contributed by atoms with Crippen LogP contribution in [0.1, 0.15) is 20.8 Å². The molecular weight excluding hydrogens is 200 g/mol. The summed E-state index contributed by atoms with van der Waals surface area (Å²) in [6.07, 6.45) is 0.518. The molecule has 0 aromatic carbocycles. The normalized spacial score (nSPS) is 47.8. The second-order valence-corrected chi connectivity index (χ2v) is 5.28. The van der Waals surface area contributed by atoms with Crippen molar-refractivity contribution in [2.24, 2.45) is 5.92 Å². The first-order valence-corrected chi connectivity index (χ1v) is 6.29. The van der Waals surface area contributed by atoms with Gasteiger partial charge >= 0.3 is 0 Å². The summed E-state index contributed by atoms with van der Waals surface area (Å²) in [7, 11) is 0. The molecule has 0 spiro atoms. The monoisotopic (exact) mass is 218 g/mol. The smallest absolute Gasteiger partial charge is 0.147 e. The Morgan fingerprint density at radius 3 is 2.64 bits per heavy atom. The minimum Gasteiger partial charge on any atom is -0.361 e. The Morgan fingerprint density at radius 1 is 1.21 bits per heavy atom. The van der Waals surface area contributed by atoms with E-state index in [0.29, 0.717) is 12.7 Å². The molecule has 3 nitrogen and oxygen atoms in total. The van der Waals surface area contributed by atoms with Crippen molar-refractivity contribution in [3.8, 4) is 0 Å². The molecule has 0 aliphatic carbocycles. The van der Waals surface area contributed by atoms with E-state index in [-0.39, 0.29) is 23.7 Å². The Morgan fingerprint density at radius 2 is 1.93 bits per heavy atom. The highest BCUT2D eigenvalue weighted by atomic mass is 32.2. The van der Waals surface area contributed by atoms with E-state index in [9.17, 15) is 0 Å². The van der Waals surface area contributed by atoms with Crippen LogP contribution in [-0.2, 0) is 14.2 Å². The number of fused-ring (bicyclic) bond motifs is 1. The van der Waals surface area contributed by atoms with Gasteiger partial charge in [0.1, 0.15) is 18.3 Å². The fourth-order valence-corrected chi connectivity index (χ4v) is 3.20. The second kappa shape index (κ2) is 4.39. The Balaban J connectivity index is 2.04. The van der Waals surface area contributed by atoms with Gasteiger partial charge in [-0.1, -0.05) is 13.8 Å². The van der Waals surface area contributed by atoms with Gasteiger partial charge in [-0.05, 0) is 12.7 Å². The van der Waals surface area contributed by atoms with Crippen molar-refractivity contribution in [2.45, 2.75) is 44.5 Å². The van der Waals surface area contributed by atoms with Crippen LogP contribution in [0.15, 0.2) is 0 Å². The number of rotatable bonds is 2. The van der Waals surface area contributed by atoms with E-state index in [4.69, 9.17) is 14.2 Å². The molecule has 0 saturated carbocycles. The zero-order valence-corrected chi connectivity index (χ0v) is 9.75. The lowest BCUT2D eigenvalue weighted by molar-refractivity contribution is -0.116. The summed E-state index contributed by atoms with van der Waals surface area (Å²) in [5.74, 6) is 1.50. The zero-order chi connectivity index (χ0) is 10.1. The molecule has 2 unspecified atom stereocenters. The van der Waals surface area contributed by atoms with Crippen molar-refractivity contribution in [3.63, 3.8) is 0 Å². The van der Waals surface area contributed by atoms with Crippen LogP contribution >= 0.6 is 11.8 Å². The lowest BCUT2D eigenvalue weighted by atomic mass is 9.94. The van der Waals surface area contributed by atoms with Crippen LogP contribution in [0.2, 0.25) is 0 Å². The van der Waals surface area contributed by atoms with Crippen LogP contribution in [0.3, 0.4) is 0 Å². The zero-order valence-electron chi connectivity index (χ0n) is 8.93. The van der Waals surface area contributed by atoms with Gasteiger partial charge in [0.25, 0.3) is 0 Å². The predicted octanol–water partition coefficient (Wildman–Crippen LogP) is 1.86. The van der Waals surface area contributed by atoms with Gasteiger partial charge in [-0.25, -0.2) is 0 Å². The number of hydrogen-bond acceptors (Lipinski definition) is 4. The van der Waals surface area contributed by atoms with E-state index >= 15 is 0 Å². The van der Waals surface area contributed by atoms with Gasteiger partial charge in [0.2, 0.25) is 0 Å². The van der Waals surface area contributed by atoms with Gasteiger partial charge in [0, 0.05) is 5.92 Å². The van der Waals surface area contributed by atoms with Crippen molar-refractivity contribution in [2.75, 3.05) is 12.5 Å². The molecule has 0 radical (unpaired) electrons. The van der Waals surface area contributed by atoms with Crippen molar-refractivity contribution >= 4 is 11.8 Å². The topological polar surface area (TPSA) is 27.7 Å². The third-order valence-electron chi connectivity index (χ3n) is 2.93. The van der Waals surface area contributed by atoms with Gasteiger partial charge < -0.3 is 14.2 Å². The van der Waals surface area contributed by atoms with Crippen LogP contribution < -0.4 is 0 Å². The summed E-state index contributed by atoms with van der Waals surface area (Å²) in [6.45, 7) is 6.84. The SMILES string of the molecule is CCS[C@@H]1OC(C)[C@@H]2OCO[C@@H]2C1C. The van der Waals surface area contributed by atoms with Crippen LogP contribution in [0, 0.1) is 5.92 Å². The van der Waals surface area contributed by atoms with E-state index in [1.165, 1.54) is 0 Å². The van der Waals surface area contributed by atoms with Gasteiger partial charge in [-0.3, -0.25) is 0 Å². The maximum atomic E-state index is 5.91. The van der Waals surface area contributed by atoms with Gasteiger partial charge in [0.05, 0.1) is 12.2 Å². The Bertz CT molecular complexity index is 200. The highest BCUT2D eigenvalue weighted by molar-refractivity contribution is 7.99. The summed E-state index contributed by atoms with van der Waals surface area (Å²) in [5, 5.41) is 0. The molecule has 2 rings (SSSR count). The molecule has 4 heteroatoms. The molecule has 2 aliphatic rings. The van der Waals surface area contributed by atoms with Gasteiger partial charge in [-0.15, -0.1) is 11.8 Å². The molecule has 2 saturated heterocycles. The first-order chi connectivity index (χ1) is 6.74. The third kappa shape index (κ3) is 1.81. The fourth-order valence-electron chi connectivity index (χ4n) is 2.16. The maximum Gasteiger partial charge on any atom is 0.147 e. The molecule has 0 bridgehead atoms. The number of thioether (sulfide) groups is 1. The van der Waals surface area contributed by atoms with Crippen molar-refractivity contribution in [1.82, 2.24) is 0 Å². The first kappa shape index (κ1) is 10.7. The van der Waals surface area contributed by atoms with Crippen molar-refractivity contribution in [3.05, 3.63) is 0 Å². The Labute approximate surface area is 89.5 Å². The molecule has 0 aromatic heterocycles. The quantitative estimate of drug-likeness (QED) is 0.707. The van der Waals surface area contributed by atoms with Gasteiger partial charge in [0.15, 0.2) is 0 Å². The van der Waals surface area contributed by atoms with E-state index in [2.05, 4.69) is 20.8 Å². The summed E-state index contributed by atoms with van der Waals surface area (Å²) < 4.78 is 17.0. The van der Waals surface area contributed by atoms with Crippen LogP contribution in [0.5, 0.6) is 0 Å². The number of hydrogen-bond donors (Lipinski definition) is 0. The molecule has 14 heavy (non-hydrogen) atoms. The Kier molecular flexibility index (Phi) is 3.37. The maximum absolute atomic E-state index is 5.91. The van der Waals surface area contributed by atoms with Crippen LogP contribution in [0.25, 0.3) is 0 Å². The number of ether oxygens (including phenoxy) is 3. The average molecular weight is 218 g/mol. The highest BCUT2D eigenvalue weighted by Gasteiger charge is 2.46. The molecular formula is C10H18O3S. The molecule has 2 fully saturated rings. The van der Waals surface area contributed by atoms with E-state index in [1.807, 2.05) is 11.8 Å². The van der Waals surface area contributed by atoms with Gasteiger partial charge in [-0.2, -0.15) is 0 Å². The average Bonchev–Trinajstić information content (AvgIpc) is 2.63. The van der Waals surface area contributed by atoms with E-state index in [0.717, 1.165) is 5.75 Å². The molecule has 5 atom stereocenters. The standard InChI is InChI=1S/C10H18O3S/c1-4-14-10-6(2)8-9(7(3)13-10)12-5-11-8/h6-10H,4-5H2,1-3H3/t6?,7?,8-,9+,10+/m1/s1. The van der Waals surface area contributed by atoms with Crippen molar-refractivity contribution in [1.29, 1.82) is 0 Å². The molecule has 0 amide bonds. The lowest BCUT2D eigenvalue weighted by Crippen LogP contribution is -2.49. The summed E-state index contributed by atoms with van der Waals surface area (Å²) >= 11 is 1.86. The van der Waals surface area contributed by atoms with E-state index in [1.54, 1.807) is 0 Å². The largest absolute Gasteiger partial charge is 0.361 e. The predicted molar refractivity (Wildman–Crippen MR) is 56.2 cm³/mol. The molecule has 2 heterocycles. The molecule has 0 aromatic rings. The first-order valence-electron chi connectivity index (χ1n) is 5.24. The lowest BCUT2D eigenvalue weighted by Gasteiger charge is -2.39. The highest BCUT2D eigenvalue weighted by Crippen LogP contribution is 2.37.